The smallest absolute Gasteiger partial charge is 0.276 e. The number of halogens is 2. The SMILES string of the molecule is CN1CCN2CN(CC1)N1C=C(C(=O)NCc3cccc(Cl)c3F)C(O)C(O)=C1C2=O. The van der Waals surface area contributed by atoms with Crippen LogP contribution >= 0.6 is 11.6 Å². The van der Waals surface area contributed by atoms with Gasteiger partial charge in [0, 0.05) is 44.5 Å². The van der Waals surface area contributed by atoms with Gasteiger partial charge in [-0.15, -0.1) is 0 Å². The van der Waals surface area contributed by atoms with Crippen molar-refractivity contribution in [2.24, 2.45) is 0 Å². The van der Waals surface area contributed by atoms with Gasteiger partial charge in [-0.3, -0.25) is 14.6 Å². The van der Waals surface area contributed by atoms with Crippen molar-refractivity contribution in [3.8, 4) is 0 Å². The summed E-state index contributed by atoms with van der Waals surface area (Å²) in [6.07, 6.45) is -0.327. The largest absolute Gasteiger partial charge is 0.507 e. The molecule has 2 amide bonds. The zero-order valence-electron chi connectivity index (χ0n) is 16.9. The highest BCUT2D eigenvalue weighted by molar-refractivity contribution is 6.30. The molecule has 3 aliphatic heterocycles. The minimum Gasteiger partial charge on any atom is -0.507 e. The maximum absolute atomic E-state index is 14.1. The molecule has 0 aromatic heterocycles. The maximum atomic E-state index is 14.1. The van der Waals surface area contributed by atoms with Gasteiger partial charge < -0.3 is 25.3 Å². The van der Waals surface area contributed by atoms with E-state index in [1.165, 1.54) is 23.3 Å². The van der Waals surface area contributed by atoms with Crippen LogP contribution in [-0.4, -0.2) is 87.8 Å². The molecule has 4 rings (SSSR count). The van der Waals surface area contributed by atoms with Crippen LogP contribution in [0.25, 0.3) is 0 Å². The number of carbonyl (C=O) groups excluding carboxylic acids is 2. The normalized spacial score (nSPS) is 24.4. The van der Waals surface area contributed by atoms with E-state index in [0.29, 0.717) is 26.3 Å². The molecular formula is C20H23ClFN5O4. The molecule has 2 saturated heterocycles. The van der Waals surface area contributed by atoms with Crippen molar-refractivity contribution < 1.29 is 24.2 Å². The Morgan fingerprint density at radius 3 is 2.81 bits per heavy atom. The zero-order chi connectivity index (χ0) is 22.3. The van der Waals surface area contributed by atoms with E-state index in [1.807, 2.05) is 12.1 Å². The summed E-state index contributed by atoms with van der Waals surface area (Å²) < 4.78 is 14.1. The van der Waals surface area contributed by atoms with E-state index in [-0.39, 0.29) is 28.4 Å². The molecular weight excluding hydrogens is 429 g/mol. The molecule has 3 N–H and O–H groups in total. The molecule has 2 bridgehead atoms. The Morgan fingerprint density at radius 1 is 1.29 bits per heavy atom. The van der Waals surface area contributed by atoms with E-state index in [0.717, 1.165) is 6.54 Å². The van der Waals surface area contributed by atoms with Gasteiger partial charge in [0.05, 0.1) is 17.3 Å². The first-order chi connectivity index (χ1) is 14.8. The molecule has 2 atom stereocenters. The average Bonchev–Trinajstić information content (AvgIpc) is 2.73. The van der Waals surface area contributed by atoms with E-state index in [2.05, 4.69) is 10.2 Å². The standard InChI is InChI=1S/C20H23ClFN5O4/c1-24-5-7-25-11-26(8-6-24)27-10-13(17(28)18(29)16(27)20(25)31)19(30)23-9-12-3-2-4-14(21)15(12)22/h2-4,10,17,28-29H,5-9,11H2,1H3,(H,23,30). The predicted molar refractivity (Wildman–Crippen MR) is 110 cm³/mol. The number of amides is 2. The fraction of sp³-hybridized carbons (Fsp3) is 0.400. The van der Waals surface area contributed by atoms with Crippen molar-refractivity contribution in [1.82, 2.24) is 25.1 Å². The van der Waals surface area contributed by atoms with Gasteiger partial charge in [0.15, 0.2) is 11.5 Å². The van der Waals surface area contributed by atoms with Crippen LogP contribution in [0.5, 0.6) is 0 Å². The first-order valence-corrected chi connectivity index (χ1v) is 10.2. The molecule has 3 heterocycles. The number of fused-ring (bicyclic) bond motifs is 4. The molecule has 0 spiro atoms. The van der Waals surface area contributed by atoms with Crippen molar-refractivity contribution in [2.45, 2.75) is 12.6 Å². The van der Waals surface area contributed by atoms with Crippen LogP contribution < -0.4 is 5.32 Å². The highest BCUT2D eigenvalue weighted by atomic mass is 35.5. The monoisotopic (exact) mass is 451 g/mol. The number of benzene rings is 1. The molecule has 11 heteroatoms. The number of nitrogens with one attached hydrogen (secondary N) is 1. The Morgan fingerprint density at radius 2 is 2.03 bits per heavy atom. The Hall–Kier alpha value is -2.66. The van der Waals surface area contributed by atoms with Gasteiger partial charge in [0.2, 0.25) is 0 Å². The summed E-state index contributed by atoms with van der Waals surface area (Å²) in [5.74, 6) is -2.34. The fourth-order valence-electron chi connectivity index (χ4n) is 3.76. The van der Waals surface area contributed by atoms with Gasteiger partial charge in [-0.2, -0.15) is 5.01 Å². The number of hydrazine groups is 1. The van der Waals surface area contributed by atoms with Crippen molar-refractivity contribution in [1.29, 1.82) is 0 Å². The highest BCUT2D eigenvalue weighted by Crippen LogP contribution is 2.31. The van der Waals surface area contributed by atoms with Crippen molar-refractivity contribution in [3.63, 3.8) is 0 Å². The van der Waals surface area contributed by atoms with E-state index in [1.54, 1.807) is 11.0 Å². The number of aliphatic hydroxyl groups excluding tert-OH is 2. The summed E-state index contributed by atoms with van der Waals surface area (Å²) >= 11 is 5.76. The lowest BCUT2D eigenvalue weighted by Crippen LogP contribution is -2.61. The number of carbonyl (C=O) groups is 2. The Labute approximate surface area is 183 Å². The zero-order valence-corrected chi connectivity index (χ0v) is 17.6. The van der Waals surface area contributed by atoms with Gasteiger partial charge in [-0.05, 0) is 13.1 Å². The summed E-state index contributed by atoms with van der Waals surface area (Å²) in [4.78, 5) is 29.3. The molecule has 3 aliphatic rings. The molecule has 2 unspecified atom stereocenters. The molecule has 0 aliphatic carbocycles. The number of aliphatic hydroxyl groups is 2. The lowest BCUT2D eigenvalue weighted by atomic mass is 10.0. The van der Waals surface area contributed by atoms with Crippen LogP contribution in [0.4, 0.5) is 4.39 Å². The minimum absolute atomic E-state index is 0.0627. The molecule has 0 saturated carbocycles. The first kappa shape index (κ1) is 21.6. The minimum atomic E-state index is -1.67. The van der Waals surface area contributed by atoms with Crippen LogP contribution in [0.3, 0.4) is 0 Å². The van der Waals surface area contributed by atoms with Crippen LogP contribution in [0, 0.1) is 5.82 Å². The third kappa shape index (κ3) is 3.99. The first-order valence-electron chi connectivity index (χ1n) is 9.84. The Kier molecular flexibility index (Phi) is 5.89. The van der Waals surface area contributed by atoms with E-state index < -0.39 is 29.5 Å². The summed E-state index contributed by atoms with van der Waals surface area (Å²) in [6, 6.07) is 4.45. The van der Waals surface area contributed by atoms with Gasteiger partial charge >= 0.3 is 0 Å². The Bertz CT molecular complexity index is 984. The van der Waals surface area contributed by atoms with Gasteiger partial charge in [0.1, 0.15) is 11.9 Å². The van der Waals surface area contributed by atoms with Crippen molar-refractivity contribution in [3.05, 3.63) is 57.8 Å². The second-order valence-electron chi connectivity index (χ2n) is 7.70. The Balaban J connectivity index is 1.58. The molecule has 166 valence electrons. The molecule has 1 aromatic carbocycles. The van der Waals surface area contributed by atoms with Crippen molar-refractivity contribution in [2.75, 3.05) is 39.9 Å². The van der Waals surface area contributed by atoms with E-state index in [4.69, 9.17) is 11.6 Å². The van der Waals surface area contributed by atoms with E-state index in [9.17, 15) is 24.2 Å². The predicted octanol–water partition coefficient (Wildman–Crippen LogP) is 0.387. The maximum Gasteiger partial charge on any atom is 0.276 e. The third-order valence-corrected chi connectivity index (χ3v) is 5.93. The van der Waals surface area contributed by atoms with Gasteiger partial charge in [-0.1, -0.05) is 23.7 Å². The number of hydrogen-bond donors (Lipinski definition) is 3. The summed E-state index contributed by atoms with van der Waals surface area (Å²) in [6.45, 7) is 2.59. The topological polar surface area (TPSA) is 99.6 Å². The van der Waals surface area contributed by atoms with Crippen molar-refractivity contribution >= 4 is 23.4 Å². The lowest BCUT2D eigenvalue weighted by Gasteiger charge is -2.48. The van der Waals surface area contributed by atoms with Gasteiger partial charge in [-0.25, -0.2) is 4.39 Å². The molecule has 2 fully saturated rings. The average molecular weight is 452 g/mol. The number of rotatable bonds is 3. The number of likely N-dealkylation sites (N-methyl/N-ethyl adjacent to an activating group) is 1. The number of nitrogens with zero attached hydrogens (tertiary/aromatic N) is 4. The van der Waals surface area contributed by atoms with Crippen LogP contribution in [0.2, 0.25) is 5.02 Å². The molecule has 9 nitrogen and oxygen atoms in total. The van der Waals surface area contributed by atoms with E-state index >= 15 is 0 Å². The molecule has 1 aromatic rings. The summed E-state index contributed by atoms with van der Waals surface area (Å²) in [5, 5.41) is 26.8. The van der Waals surface area contributed by atoms with Crippen LogP contribution in [0.15, 0.2) is 41.4 Å². The van der Waals surface area contributed by atoms with Crippen LogP contribution in [0.1, 0.15) is 5.56 Å². The lowest BCUT2D eigenvalue weighted by molar-refractivity contribution is -0.149. The summed E-state index contributed by atoms with van der Waals surface area (Å²) in [5.41, 5.74) is -0.0381. The fourth-order valence-corrected chi connectivity index (χ4v) is 3.95. The second kappa shape index (κ2) is 8.46. The molecule has 0 radical (unpaired) electrons. The molecule has 31 heavy (non-hydrogen) atoms. The third-order valence-electron chi connectivity index (χ3n) is 5.64. The van der Waals surface area contributed by atoms with Gasteiger partial charge in [0.25, 0.3) is 11.8 Å². The second-order valence-corrected chi connectivity index (χ2v) is 8.11. The quantitative estimate of drug-likeness (QED) is 0.611. The van der Waals surface area contributed by atoms with Crippen LogP contribution in [-0.2, 0) is 16.1 Å². The number of hydrogen-bond acceptors (Lipinski definition) is 7. The highest BCUT2D eigenvalue weighted by Gasteiger charge is 2.43. The summed E-state index contributed by atoms with van der Waals surface area (Å²) in [7, 11) is 1.95.